The highest BCUT2D eigenvalue weighted by atomic mass is 79.9. The number of aryl methyl sites for hydroxylation is 1. The summed E-state index contributed by atoms with van der Waals surface area (Å²) in [5.41, 5.74) is 8.59. The highest BCUT2D eigenvalue weighted by Gasteiger charge is 2.08. The number of nitrogens with two attached hydrogens (primary N) is 1. The summed E-state index contributed by atoms with van der Waals surface area (Å²) in [5.74, 6) is 0. The monoisotopic (exact) mass is 338 g/mol. The molecule has 0 aliphatic carbocycles. The predicted molar refractivity (Wildman–Crippen MR) is 85.4 cm³/mol. The first kappa shape index (κ1) is 14.0. The van der Waals surface area contributed by atoms with Gasteiger partial charge in [-0.25, -0.2) is 0 Å². The SMILES string of the molecule is Cn1ccc(CCNc2cccc(Br)c2C(N)=S)n1. The van der Waals surface area contributed by atoms with E-state index < -0.39 is 0 Å². The first-order chi connectivity index (χ1) is 9.08. The van der Waals surface area contributed by atoms with Crippen molar-refractivity contribution in [3.8, 4) is 0 Å². The molecule has 0 radical (unpaired) electrons. The van der Waals surface area contributed by atoms with Gasteiger partial charge in [-0.2, -0.15) is 5.10 Å². The Hall–Kier alpha value is -1.40. The third-order valence-electron chi connectivity index (χ3n) is 2.73. The first-order valence-electron chi connectivity index (χ1n) is 5.88. The molecule has 1 aromatic carbocycles. The van der Waals surface area contributed by atoms with E-state index >= 15 is 0 Å². The van der Waals surface area contributed by atoms with Crippen molar-refractivity contribution in [2.45, 2.75) is 6.42 Å². The minimum absolute atomic E-state index is 0.382. The molecule has 0 unspecified atom stereocenters. The number of halogens is 1. The van der Waals surface area contributed by atoms with Gasteiger partial charge in [-0.05, 0) is 34.1 Å². The number of thiocarbonyl (C=S) groups is 1. The van der Waals surface area contributed by atoms with E-state index in [1.54, 1.807) is 4.68 Å². The molecule has 3 N–H and O–H groups in total. The molecule has 100 valence electrons. The van der Waals surface area contributed by atoms with Crippen LogP contribution >= 0.6 is 28.1 Å². The van der Waals surface area contributed by atoms with Crippen LogP contribution in [0.3, 0.4) is 0 Å². The minimum Gasteiger partial charge on any atom is -0.389 e. The zero-order valence-corrected chi connectivity index (χ0v) is 13.0. The van der Waals surface area contributed by atoms with E-state index in [0.29, 0.717) is 4.99 Å². The first-order valence-corrected chi connectivity index (χ1v) is 7.09. The Balaban J connectivity index is 2.03. The number of benzene rings is 1. The zero-order valence-electron chi connectivity index (χ0n) is 10.6. The third kappa shape index (κ3) is 3.54. The molecule has 2 aromatic rings. The van der Waals surface area contributed by atoms with E-state index in [4.69, 9.17) is 18.0 Å². The van der Waals surface area contributed by atoms with Crippen LogP contribution < -0.4 is 11.1 Å². The molecule has 1 aromatic heterocycles. The van der Waals surface area contributed by atoms with E-state index in [1.807, 2.05) is 37.5 Å². The standard InChI is InChI=1S/C13H15BrN4S/c1-18-8-6-9(17-18)5-7-16-11-4-2-3-10(14)12(11)13(15)19/h2-4,6,8,16H,5,7H2,1H3,(H2,15,19). The lowest BCUT2D eigenvalue weighted by atomic mass is 10.1. The molecule has 0 atom stereocenters. The maximum absolute atomic E-state index is 5.75. The van der Waals surface area contributed by atoms with Crippen LogP contribution in [0.15, 0.2) is 34.9 Å². The van der Waals surface area contributed by atoms with Gasteiger partial charge in [0.25, 0.3) is 0 Å². The minimum atomic E-state index is 0.382. The molecule has 6 heteroatoms. The lowest BCUT2D eigenvalue weighted by Gasteiger charge is -2.12. The second-order valence-electron chi connectivity index (χ2n) is 4.18. The van der Waals surface area contributed by atoms with Crippen LogP contribution in [0.1, 0.15) is 11.3 Å². The van der Waals surface area contributed by atoms with Crippen molar-refractivity contribution >= 4 is 38.8 Å². The number of nitrogens with one attached hydrogen (secondary N) is 1. The van der Waals surface area contributed by atoms with Crippen LogP contribution in [-0.2, 0) is 13.5 Å². The maximum Gasteiger partial charge on any atom is 0.107 e. The number of anilines is 1. The molecule has 2 rings (SSSR count). The largest absolute Gasteiger partial charge is 0.389 e. The van der Waals surface area contributed by atoms with Crippen molar-refractivity contribution in [3.63, 3.8) is 0 Å². The second-order valence-corrected chi connectivity index (χ2v) is 5.48. The van der Waals surface area contributed by atoms with E-state index in [-0.39, 0.29) is 0 Å². The van der Waals surface area contributed by atoms with Crippen molar-refractivity contribution in [2.24, 2.45) is 12.8 Å². The van der Waals surface area contributed by atoms with Crippen molar-refractivity contribution in [2.75, 3.05) is 11.9 Å². The van der Waals surface area contributed by atoms with Gasteiger partial charge in [0.05, 0.1) is 5.69 Å². The van der Waals surface area contributed by atoms with Crippen LogP contribution in [0.4, 0.5) is 5.69 Å². The molecule has 19 heavy (non-hydrogen) atoms. The van der Waals surface area contributed by atoms with Gasteiger partial charge < -0.3 is 11.1 Å². The van der Waals surface area contributed by atoms with Gasteiger partial charge in [-0.15, -0.1) is 0 Å². The second kappa shape index (κ2) is 6.16. The molecule has 0 bridgehead atoms. The van der Waals surface area contributed by atoms with Crippen molar-refractivity contribution in [1.29, 1.82) is 0 Å². The number of rotatable bonds is 5. The highest BCUT2D eigenvalue weighted by Crippen LogP contribution is 2.24. The summed E-state index contributed by atoms with van der Waals surface area (Å²) >= 11 is 8.54. The fraction of sp³-hybridized carbons (Fsp3) is 0.231. The van der Waals surface area contributed by atoms with Crippen LogP contribution in [0.5, 0.6) is 0 Å². The van der Waals surface area contributed by atoms with E-state index in [2.05, 4.69) is 26.3 Å². The molecule has 0 saturated carbocycles. The third-order valence-corrected chi connectivity index (χ3v) is 3.59. The van der Waals surface area contributed by atoms with Crippen molar-refractivity contribution in [3.05, 3.63) is 46.2 Å². The Morgan fingerprint density at radius 3 is 2.89 bits per heavy atom. The molecule has 0 amide bonds. The lowest BCUT2D eigenvalue weighted by Crippen LogP contribution is -2.15. The molecular formula is C13H15BrN4S. The van der Waals surface area contributed by atoms with E-state index in [1.165, 1.54) is 0 Å². The number of aromatic nitrogens is 2. The van der Waals surface area contributed by atoms with E-state index in [0.717, 1.165) is 34.4 Å². The van der Waals surface area contributed by atoms with E-state index in [9.17, 15) is 0 Å². The van der Waals surface area contributed by atoms with Gasteiger partial charge in [0.15, 0.2) is 0 Å². The average Bonchev–Trinajstić information content (AvgIpc) is 2.74. The number of hydrogen-bond donors (Lipinski definition) is 2. The van der Waals surface area contributed by atoms with Crippen LogP contribution in [0.2, 0.25) is 0 Å². The Morgan fingerprint density at radius 2 is 2.26 bits per heavy atom. The van der Waals surface area contributed by atoms with Crippen LogP contribution in [0, 0.1) is 0 Å². The molecule has 1 heterocycles. The average molecular weight is 339 g/mol. The van der Waals surface area contributed by atoms with Crippen molar-refractivity contribution in [1.82, 2.24) is 9.78 Å². The molecular weight excluding hydrogens is 324 g/mol. The van der Waals surface area contributed by atoms with Gasteiger partial charge in [-0.1, -0.05) is 18.3 Å². The zero-order chi connectivity index (χ0) is 13.8. The highest BCUT2D eigenvalue weighted by molar-refractivity contribution is 9.10. The van der Waals surface area contributed by atoms with Crippen molar-refractivity contribution < 1.29 is 0 Å². The summed E-state index contributed by atoms with van der Waals surface area (Å²) in [7, 11) is 1.91. The quantitative estimate of drug-likeness (QED) is 0.822. The van der Waals surface area contributed by atoms with Gasteiger partial charge >= 0.3 is 0 Å². The van der Waals surface area contributed by atoms with Gasteiger partial charge in [0.2, 0.25) is 0 Å². The van der Waals surface area contributed by atoms with Crippen LogP contribution in [0.25, 0.3) is 0 Å². The summed E-state index contributed by atoms with van der Waals surface area (Å²) in [6.07, 6.45) is 2.79. The summed E-state index contributed by atoms with van der Waals surface area (Å²) in [6.45, 7) is 0.781. The summed E-state index contributed by atoms with van der Waals surface area (Å²) in [6, 6.07) is 7.86. The smallest absolute Gasteiger partial charge is 0.107 e. The summed E-state index contributed by atoms with van der Waals surface area (Å²) in [4.78, 5) is 0.382. The maximum atomic E-state index is 5.75. The number of hydrogen-bond acceptors (Lipinski definition) is 3. The molecule has 0 aliphatic heterocycles. The fourth-order valence-corrected chi connectivity index (χ4v) is 2.77. The Kier molecular flexibility index (Phi) is 4.55. The predicted octanol–water partition coefficient (Wildman–Crippen LogP) is 2.47. The normalized spacial score (nSPS) is 10.4. The fourth-order valence-electron chi connectivity index (χ4n) is 1.84. The summed E-state index contributed by atoms with van der Waals surface area (Å²) in [5, 5.41) is 7.68. The lowest BCUT2D eigenvalue weighted by molar-refractivity contribution is 0.742. The van der Waals surface area contributed by atoms with Gasteiger partial charge in [0, 0.05) is 41.9 Å². The van der Waals surface area contributed by atoms with Crippen LogP contribution in [-0.4, -0.2) is 21.3 Å². The van der Waals surface area contributed by atoms with Gasteiger partial charge in [-0.3, -0.25) is 4.68 Å². The molecule has 4 nitrogen and oxygen atoms in total. The Labute approximate surface area is 126 Å². The molecule has 0 spiro atoms. The molecule has 0 saturated heterocycles. The topological polar surface area (TPSA) is 55.9 Å². The van der Waals surface area contributed by atoms with Gasteiger partial charge in [0.1, 0.15) is 4.99 Å². The number of nitrogens with zero attached hydrogens (tertiary/aromatic N) is 2. The molecule has 0 fully saturated rings. The Morgan fingerprint density at radius 1 is 1.47 bits per heavy atom. The molecule has 0 aliphatic rings. The summed E-state index contributed by atoms with van der Waals surface area (Å²) < 4.78 is 2.71. The Bertz CT molecular complexity index is 594.